The zero-order valence-corrected chi connectivity index (χ0v) is 32.0. The number of fused-ring (bicyclic) bond motifs is 3. The summed E-state index contributed by atoms with van der Waals surface area (Å²) in [5.41, 5.74) is 1.83. The van der Waals surface area contributed by atoms with Crippen LogP contribution in [0.15, 0.2) is 119 Å². The number of piperazine rings is 1. The van der Waals surface area contributed by atoms with Crippen molar-refractivity contribution in [3.8, 4) is 16.3 Å². The van der Waals surface area contributed by atoms with Gasteiger partial charge in [-0.3, -0.25) is 4.90 Å². The molecule has 0 radical (unpaired) electrons. The van der Waals surface area contributed by atoms with Gasteiger partial charge in [-0.15, -0.1) is 11.3 Å². The van der Waals surface area contributed by atoms with Gasteiger partial charge in [0.15, 0.2) is 5.58 Å². The van der Waals surface area contributed by atoms with Crippen LogP contribution in [0.3, 0.4) is 0 Å². The third kappa shape index (κ3) is 8.16. The lowest BCUT2D eigenvalue weighted by molar-refractivity contribution is 0.0120. The Kier molecular flexibility index (Phi) is 10.6. The number of carbonyl (C=O) groups is 1. The molecular formula is C42H45N4O4PS. The Morgan fingerprint density at radius 3 is 1.90 bits per heavy atom. The Labute approximate surface area is 311 Å². The Hall–Kier alpha value is -4.72. The first kappa shape index (κ1) is 35.7. The Balaban J connectivity index is 0.000000187. The number of hydrogen-bond donors (Lipinski definition) is 0. The van der Waals surface area contributed by atoms with Crippen LogP contribution in [0.2, 0.25) is 0 Å². The van der Waals surface area contributed by atoms with Crippen LogP contribution in [-0.2, 0) is 4.74 Å². The molecule has 0 spiro atoms. The molecule has 1 amide bonds. The number of thiazole rings is 1. The molecule has 2 bridgehead atoms. The van der Waals surface area contributed by atoms with E-state index in [9.17, 15) is 4.79 Å². The van der Waals surface area contributed by atoms with E-state index in [1.54, 1.807) is 17.5 Å². The second kappa shape index (κ2) is 15.5. The van der Waals surface area contributed by atoms with Gasteiger partial charge in [-0.1, -0.05) is 91.0 Å². The van der Waals surface area contributed by atoms with E-state index >= 15 is 0 Å². The summed E-state index contributed by atoms with van der Waals surface area (Å²) >= 11 is 1.56. The summed E-state index contributed by atoms with van der Waals surface area (Å²) in [6.07, 6.45) is 3.52. The molecule has 268 valence electrons. The predicted molar refractivity (Wildman–Crippen MR) is 213 cm³/mol. The molecule has 0 saturated carbocycles. The first-order valence-electron chi connectivity index (χ1n) is 17.9. The molecule has 2 unspecified atom stereocenters. The summed E-state index contributed by atoms with van der Waals surface area (Å²) < 4.78 is 17.9. The molecule has 2 aliphatic rings. The van der Waals surface area contributed by atoms with Crippen molar-refractivity contribution in [3.05, 3.63) is 115 Å². The van der Waals surface area contributed by atoms with Crippen molar-refractivity contribution in [2.24, 2.45) is 0 Å². The lowest BCUT2D eigenvalue weighted by atomic mass is 10.2. The average molecular weight is 733 g/mol. The molecule has 8 rings (SSSR count). The van der Waals surface area contributed by atoms with Crippen molar-refractivity contribution in [1.29, 1.82) is 0 Å². The zero-order chi connectivity index (χ0) is 36.2. The van der Waals surface area contributed by atoms with Gasteiger partial charge in [-0.2, -0.15) is 4.98 Å². The van der Waals surface area contributed by atoms with Gasteiger partial charge in [-0.25, -0.2) is 9.78 Å². The fourth-order valence-electron chi connectivity index (χ4n) is 6.84. The van der Waals surface area contributed by atoms with E-state index in [1.807, 2.05) is 57.0 Å². The van der Waals surface area contributed by atoms with E-state index in [1.165, 1.54) is 15.9 Å². The first-order chi connectivity index (χ1) is 25.1. The molecule has 10 heteroatoms. The summed E-state index contributed by atoms with van der Waals surface area (Å²) in [4.78, 5) is 26.2. The monoisotopic (exact) mass is 732 g/mol. The smallest absolute Gasteiger partial charge is 0.410 e. The van der Waals surface area contributed by atoms with E-state index in [4.69, 9.17) is 18.9 Å². The Morgan fingerprint density at radius 2 is 1.42 bits per heavy atom. The topological polar surface area (TPSA) is 80.9 Å². The minimum Gasteiger partial charge on any atom is -0.491 e. The number of oxazole rings is 1. The maximum Gasteiger partial charge on any atom is 0.410 e. The van der Waals surface area contributed by atoms with Gasteiger partial charge in [0.2, 0.25) is 0 Å². The number of amides is 1. The second-order valence-electron chi connectivity index (χ2n) is 14.3. The van der Waals surface area contributed by atoms with Gasteiger partial charge in [0.25, 0.3) is 6.01 Å². The van der Waals surface area contributed by atoms with Crippen LogP contribution >= 0.6 is 19.3 Å². The summed E-state index contributed by atoms with van der Waals surface area (Å²) in [6, 6.07) is 37.0. The van der Waals surface area contributed by atoms with E-state index in [0.29, 0.717) is 24.7 Å². The molecule has 2 fully saturated rings. The first-order valence-corrected chi connectivity index (χ1v) is 20.1. The van der Waals surface area contributed by atoms with Crippen LogP contribution in [0.1, 0.15) is 47.5 Å². The largest absolute Gasteiger partial charge is 0.491 e. The van der Waals surface area contributed by atoms with Crippen molar-refractivity contribution < 1.29 is 18.7 Å². The highest BCUT2D eigenvalue weighted by molar-refractivity contribution is 7.79. The van der Waals surface area contributed by atoms with Crippen molar-refractivity contribution in [3.63, 3.8) is 0 Å². The average Bonchev–Trinajstić information content (AvgIpc) is 3.87. The number of hydrogen-bond acceptors (Lipinski definition) is 8. The fourth-order valence-corrected chi connectivity index (χ4v) is 9.79. The molecular weight excluding hydrogens is 688 g/mol. The fraction of sp³-hybridized carbons (Fsp3) is 0.310. The number of ether oxygens (including phenoxy) is 2. The minimum absolute atomic E-state index is 0.0505. The third-order valence-electron chi connectivity index (χ3n) is 8.89. The summed E-state index contributed by atoms with van der Waals surface area (Å²) in [7, 11) is -0.446. The number of nitrogens with zero attached hydrogens (tertiary/aromatic N) is 4. The van der Waals surface area contributed by atoms with Crippen LogP contribution < -0.4 is 25.6 Å². The zero-order valence-electron chi connectivity index (χ0n) is 30.3. The number of anilines is 1. The van der Waals surface area contributed by atoms with Gasteiger partial charge in [0.05, 0.1) is 23.8 Å². The van der Waals surface area contributed by atoms with Crippen molar-refractivity contribution in [2.45, 2.75) is 71.2 Å². The summed E-state index contributed by atoms with van der Waals surface area (Å²) in [5.74, 6) is 0.748. The van der Waals surface area contributed by atoms with Crippen LogP contribution in [0, 0.1) is 0 Å². The molecule has 2 aromatic heterocycles. The van der Waals surface area contributed by atoms with E-state index < -0.39 is 13.5 Å². The minimum atomic E-state index is -0.504. The number of carbonyl (C=O) groups excluding carboxylic acids is 1. The van der Waals surface area contributed by atoms with Gasteiger partial charge in [0.1, 0.15) is 21.9 Å². The Morgan fingerprint density at radius 1 is 0.865 bits per heavy atom. The molecule has 2 saturated heterocycles. The van der Waals surface area contributed by atoms with Gasteiger partial charge in [-0.05, 0) is 77.4 Å². The maximum atomic E-state index is 12.8. The quantitative estimate of drug-likeness (QED) is 0.152. The van der Waals surface area contributed by atoms with Crippen molar-refractivity contribution >= 4 is 58.4 Å². The summed E-state index contributed by atoms with van der Waals surface area (Å²) in [6.45, 7) is 11.0. The van der Waals surface area contributed by atoms with Crippen LogP contribution in [-0.4, -0.2) is 57.8 Å². The van der Waals surface area contributed by atoms with E-state index in [-0.39, 0.29) is 24.3 Å². The van der Waals surface area contributed by atoms with Crippen molar-refractivity contribution in [2.75, 3.05) is 18.0 Å². The van der Waals surface area contributed by atoms with Crippen LogP contribution in [0.25, 0.3) is 21.7 Å². The normalized spacial score (nSPS) is 17.0. The van der Waals surface area contributed by atoms with E-state index in [0.717, 1.165) is 34.7 Å². The van der Waals surface area contributed by atoms with Crippen LogP contribution in [0.4, 0.5) is 10.8 Å². The lowest BCUT2D eigenvalue weighted by Gasteiger charge is -2.40. The number of rotatable bonds is 7. The highest BCUT2D eigenvalue weighted by Crippen LogP contribution is 2.39. The molecule has 4 heterocycles. The summed E-state index contributed by atoms with van der Waals surface area (Å²) in [5, 5.41) is 7.01. The standard InChI is InChI=1S/C24H30N4O4S.C18H15P/c1-14(2)30-17-10-18(21-25-8-9-33-21)20-19(11-17)26-22(31-20)27-12-15-6-7-16(13-27)28(15)23(29)32-24(3,4)5;1-4-10-16(11-5-1)19(17-12-6-2-7-13-17)18-14-8-3-9-15-18/h8-11,14-16H,6-7,12-13H2,1-5H3;1-15H. The van der Waals surface area contributed by atoms with E-state index in [2.05, 4.69) is 101 Å². The molecule has 6 aromatic rings. The molecule has 2 atom stereocenters. The molecule has 0 N–H and O–H groups in total. The highest BCUT2D eigenvalue weighted by Gasteiger charge is 2.45. The van der Waals surface area contributed by atoms with Gasteiger partial charge < -0.3 is 18.8 Å². The third-order valence-corrected chi connectivity index (χ3v) is 12.1. The predicted octanol–water partition coefficient (Wildman–Crippen LogP) is 8.77. The maximum absolute atomic E-state index is 12.8. The number of aromatic nitrogens is 2. The van der Waals surface area contributed by atoms with Crippen molar-refractivity contribution in [1.82, 2.24) is 14.9 Å². The molecule has 8 nitrogen and oxygen atoms in total. The van der Waals surface area contributed by atoms with Gasteiger partial charge in [0, 0.05) is 30.7 Å². The SMILES string of the molecule is CC(C)Oc1cc(-c2nccs2)c2oc(N3CC4CCC(C3)N4C(=O)OC(C)(C)C)nc2c1.c1ccc(P(c2ccccc2)c2ccccc2)cc1. The number of benzene rings is 4. The van der Waals surface area contributed by atoms with Gasteiger partial charge >= 0.3 is 6.09 Å². The second-order valence-corrected chi connectivity index (χ2v) is 17.5. The Bertz CT molecular complexity index is 1960. The lowest BCUT2D eigenvalue weighted by Crippen LogP contribution is -2.56. The molecule has 2 aliphatic heterocycles. The molecule has 0 aliphatic carbocycles. The highest BCUT2D eigenvalue weighted by atomic mass is 32.1. The molecule has 4 aromatic carbocycles. The van der Waals surface area contributed by atoms with Crippen LogP contribution in [0.5, 0.6) is 5.75 Å². The molecule has 52 heavy (non-hydrogen) atoms.